The van der Waals surface area contributed by atoms with Crippen LogP contribution in [0, 0.1) is 5.92 Å². The van der Waals surface area contributed by atoms with E-state index >= 15 is 0 Å². The number of carboxylic acid groups (broad SMARTS) is 1. The van der Waals surface area contributed by atoms with Crippen LogP contribution in [-0.4, -0.2) is 34.1 Å². The summed E-state index contributed by atoms with van der Waals surface area (Å²) in [6.07, 6.45) is 4.29. The second-order valence-electron chi connectivity index (χ2n) is 7.60. The Morgan fingerprint density at radius 3 is 2.24 bits per heavy atom. The van der Waals surface area contributed by atoms with Crippen LogP contribution in [0.5, 0.6) is 0 Å². The number of carboxylic acids is 1. The number of anilines is 1. The lowest BCUT2D eigenvalue weighted by atomic mass is 10.0. The van der Waals surface area contributed by atoms with E-state index in [-0.39, 0.29) is 18.2 Å². The molecule has 2 amide bonds. The average molecular weight is 408 g/mol. The van der Waals surface area contributed by atoms with E-state index in [1.54, 1.807) is 11.5 Å². The lowest BCUT2D eigenvalue weighted by Crippen LogP contribution is -2.37. The van der Waals surface area contributed by atoms with Crippen molar-refractivity contribution in [2.24, 2.45) is 5.92 Å². The first-order valence-corrected chi connectivity index (χ1v) is 10.1. The minimum atomic E-state index is -0.861. The van der Waals surface area contributed by atoms with Gasteiger partial charge in [0.1, 0.15) is 6.04 Å². The summed E-state index contributed by atoms with van der Waals surface area (Å²) in [5.41, 5.74) is 3.19. The number of carbonyl (C=O) groups excluding carboxylic acids is 2. The molecule has 1 aromatic rings. The van der Waals surface area contributed by atoms with Gasteiger partial charge in [-0.1, -0.05) is 38.8 Å². The van der Waals surface area contributed by atoms with Crippen molar-refractivity contribution in [2.45, 2.75) is 71.4 Å². The first-order chi connectivity index (χ1) is 13.8. The number of hydrogen-bond acceptors (Lipinski definition) is 5. The monoisotopic (exact) mass is 407 g/mol. The third-order valence-corrected chi connectivity index (χ3v) is 4.45. The highest BCUT2D eigenvalue weighted by molar-refractivity contribution is 5.90. The van der Waals surface area contributed by atoms with E-state index in [0.29, 0.717) is 31.5 Å². The molecule has 29 heavy (non-hydrogen) atoms. The largest absolute Gasteiger partial charge is 0.480 e. The molecule has 0 saturated heterocycles. The number of nitrogens with one attached hydrogen (secondary N) is 3. The van der Waals surface area contributed by atoms with E-state index in [1.807, 2.05) is 32.0 Å². The second-order valence-corrected chi connectivity index (χ2v) is 7.60. The van der Waals surface area contributed by atoms with Crippen LogP contribution in [0.3, 0.4) is 0 Å². The molecular weight excluding hydrogens is 374 g/mol. The molecule has 0 aromatic heterocycles. The Labute approximate surface area is 172 Å². The summed E-state index contributed by atoms with van der Waals surface area (Å²) >= 11 is 0. The SMILES string of the molecule is CC(C)CC(NCc1cccc(NC(=O)CCCCCCC(=O)NO)c1)C(=O)O. The Balaban J connectivity index is 2.37. The zero-order valence-electron chi connectivity index (χ0n) is 17.2. The van der Waals surface area contributed by atoms with Gasteiger partial charge in [0.05, 0.1) is 0 Å². The first kappa shape index (κ1) is 24.6. The Kier molecular flexibility index (Phi) is 11.6. The molecule has 8 heteroatoms. The fourth-order valence-electron chi connectivity index (χ4n) is 2.95. The van der Waals surface area contributed by atoms with Gasteiger partial charge in [0.25, 0.3) is 0 Å². The van der Waals surface area contributed by atoms with E-state index in [9.17, 15) is 19.5 Å². The molecule has 0 aliphatic heterocycles. The molecule has 5 N–H and O–H groups in total. The van der Waals surface area contributed by atoms with Gasteiger partial charge in [0.2, 0.25) is 11.8 Å². The molecule has 0 saturated carbocycles. The third-order valence-electron chi connectivity index (χ3n) is 4.45. The van der Waals surface area contributed by atoms with Crippen LogP contribution in [-0.2, 0) is 20.9 Å². The number of hydroxylamine groups is 1. The van der Waals surface area contributed by atoms with Crippen LogP contribution in [0.1, 0.15) is 64.4 Å². The molecule has 0 fully saturated rings. The highest BCUT2D eigenvalue weighted by atomic mass is 16.5. The second kappa shape index (κ2) is 13.7. The number of rotatable bonds is 14. The van der Waals surface area contributed by atoms with E-state index in [0.717, 1.165) is 24.8 Å². The predicted octanol–water partition coefficient (Wildman–Crippen LogP) is 3.06. The first-order valence-electron chi connectivity index (χ1n) is 10.1. The normalized spacial score (nSPS) is 11.9. The number of benzene rings is 1. The highest BCUT2D eigenvalue weighted by Gasteiger charge is 2.18. The maximum atomic E-state index is 12.1. The Hall–Kier alpha value is -2.45. The van der Waals surface area contributed by atoms with Gasteiger partial charge in [-0.05, 0) is 42.9 Å². The maximum absolute atomic E-state index is 12.1. The summed E-state index contributed by atoms with van der Waals surface area (Å²) in [6.45, 7) is 4.38. The van der Waals surface area contributed by atoms with Crippen LogP contribution in [0.2, 0.25) is 0 Å². The van der Waals surface area contributed by atoms with Crippen molar-refractivity contribution in [3.8, 4) is 0 Å². The van der Waals surface area contributed by atoms with Gasteiger partial charge < -0.3 is 15.7 Å². The topological polar surface area (TPSA) is 128 Å². The van der Waals surface area contributed by atoms with Crippen molar-refractivity contribution >= 4 is 23.5 Å². The quantitative estimate of drug-likeness (QED) is 0.183. The number of unbranched alkanes of at least 4 members (excludes halogenated alkanes) is 3. The lowest BCUT2D eigenvalue weighted by molar-refractivity contribution is -0.140. The van der Waals surface area contributed by atoms with Crippen molar-refractivity contribution < 1.29 is 24.7 Å². The minimum absolute atomic E-state index is 0.0774. The van der Waals surface area contributed by atoms with Gasteiger partial charge in [-0.3, -0.25) is 19.6 Å². The summed E-state index contributed by atoms with van der Waals surface area (Å²) < 4.78 is 0. The number of hydrogen-bond donors (Lipinski definition) is 5. The van der Waals surface area contributed by atoms with Crippen LogP contribution < -0.4 is 16.1 Å². The molecule has 1 atom stereocenters. The number of aliphatic carboxylic acids is 1. The fraction of sp³-hybridized carbons (Fsp3) is 0.571. The van der Waals surface area contributed by atoms with Gasteiger partial charge in [-0.2, -0.15) is 0 Å². The highest BCUT2D eigenvalue weighted by Crippen LogP contribution is 2.13. The Bertz CT molecular complexity index is 663. The predicted molar refractivity (Wildman–Crippen MR) is 110 cm³/mol. The molecule has 8 nitrogen and oxygen atoms in total. The van der Waals surface area contributed by atoms with E-state index in [1.165, 1.54) is 0 Å². The van der Waals surface area contributed by atoms with Crippen LogP contribution >= 0.6 is 0 Å². The lowest BCUT2D eigenvalue weighted by Gasteiger charge is -2.16. The van der Waals surface area contributed by atoms with Gasteiger partial charge >= 0.3 is 5.97 Å². The molecule has 1 rings (SSSR count). The summed E-state index contributed by atoms with van der Waals surface area (Å²) in [5, 5.41) is 23.6. The Morgan fingerprint density at radius 1 is 1.00 bits per heavy atom. The molecule has 0 heterocycles. The van der Waals surface area contributed by atoms with E-state index in [2.05, 4.69) is 10.6 Å². The fourth-order valence-corrected chi connectivity index (χ4v) is 2.95. The van der Waals surface area contributed by atoms with Crippen molar-refractivity contribution in [3.05, 3.63) is 29.8 Å². The van der Waals surface area contributed by atoms with Gasteiger partial charge in [0, 0.05) is 25.1 Å². The van der Waals surface area contributed by atoms with Crippen molar-refractivity contribution in [1.82, 2.24) is 10.8 Å². The van der Waals surface area contributed by atoms with Crippen molar-refractivity contribution in [2.75, 3.05) is 5.32 Å². The molecular formula is C21H33N3O5. The minimum Gasteiger partial charge on any atom is -0.480 e. The third kappa shape index (κ3) is 11.2. The molecule has 1 aromatic carbocycles. The Morgan fingerprint density at radius 2 is 1.66 bits per heavy atom. The summed E-state index contributed by atoms with van der Waals surface area (Å²) in [7, 11) is 0. The average Bonchev–Trinajstić information content (AvgIpc) is 2.67. The molecule has 0 radical (unpaired) electrons. The molecule has 162 valence electrons. The van der Waals surface area contributed by atoms with Crippen molar-refractivity contribution in [3.63, 3.8) is 0 Å². The van der Waals surface area contributed by atoms with E-state index in [4.69, 9.17) is 5.21 Å². The zero-order chi connectivity index (χ0) is 21.6. The zero-order valence-corrected chi connectivity index (χ0v) is 17.2. The molecule has 1 unspecified atom stereocenters. The number of carbonyl (C=O) groups is 3. The van der Waals surface area contributed by atoms with Crippen LogP contribution in [0.15, 0.2) is 24.3 Å². The molecule has 0 aliphatic rings. The van der Waals surface area contributed by atoms with E-state index < -0.39 is 17.9 Å². The maximum Gasteiger partial charge on any atom is 0.320 e. The molecule has 0 spiro atoms. The summed E-state index contributed by atoms with van der Waals surface area (Å²) in [4.78, 5) is 34.3. The van der Waals surface area contributed by atoms with Gasteiger partial charge in [0.15, 0.2) is 0 Å². The van der Waals surface area contributed by atoms with Crippen LogP contribution in [0.25, 0.3) is 0 Å². The standard InChI is InChI=1S/C21H33N3O5/c1-15(2)12-18(21(27)28)22-14-16-8-7-9-17(13-16)23-19(25)10-5-3-4-6-11-20(26)24-29/h7-9,13,15,18,22,29H,3-6,10-12,14H2,1-2H3,(H,23,25)(H,24,26)(H,27,28). The van der Waals surface area contributed by atoms with Gasteiger partial charge in [-0.25, -0.2) is 5.48 Å². The summed E-state index contributed by atoms with van der Waals surface area (Å²) in [5.74, 6) is -1.05. The van der Waals surface area contributed by atoms with Crippen LogP contribution in [0.4, 0.5) is 5.69 Å². The molecule has 0 bridgehead atoms. The smallest absolute Gasteiger partial charge is 0.320 e. The summed E-state index contributed by atoms with van der Waals surface area (Å²) in [6, 6.07) is 6.76. The van der Waals surface area contributed by atoms with Gasteiger partial charge in [-0.15, -0.1) is 0 Å². The van der Waals surface area contributed by atoms with Crippen molar-refractivity contribution in [1.29, 1.82) is 0 Å². The molecule has 0 aliphatic carbocycles. The number of amides is 2.